The monoisotopic (exact) mass is 616 g/mol. The molecule has 2 bridgehead atoms. The molecule has 9 nitrogen and oxygen atoms in total. The summed E-state index contributed by atoms with van der Waals surface area (Å²) in [5, 5.41) is 34.4. The van der Waals surface area contributed by atoms with Gasteiger partial charge in [-0.15, -0.1) is 0 Å². The van der Waals surface area contributed by atoms with E-state index in [9.17, 15) is 46.5 Å². The molecule has 4 unspecified atom stereocenters. The first kappa shape index (κ1) is 29.8. The number of carbonyl (C=O) groups excluding carboxylic acids is 2. The topological polar surface area (TPSA) is 153 Å². The number of fused-ring (bicyclic) bond motifs is 2. The third-order valence-corrected chi connectivity index (χ3v) is 11.4. The summed E-state index contributed by atoms with van der Waals surface area (Å²) in [5.41, 5.74) is -3.34. The Morgan fingerprint density at radius 2 is 1.63 bits per heavy atom. The number of anilines is 1. The molecule has 0 heterocycles. The van der Waals surface area contributed by atoms with Gasteiger partial charge in [0.25, 0.3) is 5.91 Å². The second kappa shape index (κ2) is 10.5. The molecule has 0 radical (unpaired) electrons. The van der Waals surface area contributed by atoms with Crippen LogP contribution in [0.5, 0.6) is 0 Å². The van der Waals surface area contributed by atoms with Crippen LogP contribution >= 0.6 is 11.6 Å². The van der Waals surface area contributed by atoms with Crippen molar-refractivity contribution in [1.29, 1.82) is 0 Å². The van der Waals surface area contributed by atoms with Crippen molar-refractivity contribution >= 4 is 38.9 Å². The maximum Gasteiger partial charge on any atom is 0.255 e. The Bertz CT molecular complexity index is 1490. The molecule has 0 aliphatic heterocycles. The highest BCUT2D eigenvalue weighted by molar-refractivity contribution is 7.92. The van der Waals surface area contributed by atoms with Gasteiger partial charge < -0.3 is 26.0 Å². The third kappa shape index (κ3) is 5.34. The number of amides is 2. The van der Waals surface area contributed by atoms with Gasteiger partial charge in [0.1, 0.15) is 5.60 Å². The fraction of sp³-hybridized carbons (Fsp3) is 0.481. The molecule has 5 N–H and O–H groups in total. The Labute approximate surface area is 238 Å². The summed E-state index contributed by atoms with van der Waals surface area (Å²) < 4.78 is 67.7. The van der Waals surface area contributed by atoms with Crippen LogP contribution in [0, 0.1) is 35.2 Å². The molecule has 3 aliphatic carbocycles. The van der Waals surface area contributed by atoms with E-state index in [2.05, 4.69) is 10.6 Å². The number of rotatable bonds is 8. The Morgan fingerprint density at radius 1 is 1.02 bits per heavy atom. The number of aliphatic hydroxyl groups is 3. The van der Waals surface area contributed by atoms with E-state index < -0.39 is 79.9 Å². The van der Waals surface area contributed by atoms with Crippen LogP contribution in [-0.2, 0) is 14.6 Å². The minimum absolute atomic E-state index is 0.0795. The van der Waals surface area contributed by atoms with Crippen molar-refractivity contribution < 1.29 is 46.5 Å². The molecule has 0 saturated heterocycles. The first-order valence-corrected chi connectivity index (χ1v) is 14.9. The quantitative estimate of drug-likeness (QED) is 0.286. The summed E-state index contributed by atoms with van der Waals surface area (Å²) in [4.78, 5) is 24.8. The van der Waals surface area contributed by atoms with Gasteiger partial charge in [-0.2, -0.15) is 0 Å². The van der Waals surface area contributed by atoms with Crippen LogP contribution in [0.25, 0.3) is 0 Å². The van der Waals surface area contributed by atoms with Crippen LogP contribution in [0.1, 0.15) is 42.5 Å². The average molecular weight is 617 g/mol. The molecule has 2 amide bonds. The van der Waals surface area contributed by atoms with E-state index in [4.69, 9.17) is 11.6 Å². The molecule has 3 aliphatic rings. The van der Waals surface area contributed by atoms with Gasteiger partial charge in [-0.25, -0.2) is 21.6 Å². The molecule has 14 heteroatoms. The largest absolute Gasteiger partial charge is 0.393 e. The summed E-state index contributed by atoms with van der Waals surface area (Å²) in [6.07, 6.45) is 1.35. The molecule has 2 aromatic carbocycles. The van der Waals surface area contributed by atoms with Gasteiger partial charge in [0.15, 0.2) is 27.3 Å². The standard InChI is InChI=1S/C27H28ClF3N2O7S/c28-19-4-1-13(24(35)33-16-8-20(29)23(31)21(30)9-16)5-22(19)41(39,40)17-6-14-2-3-15(7-17)27(14,38)11-32-25(36)18-10-26(18,37)12-34/h1,4-5,8-9,14-15,17-18,34,37-38H,2-3,6-7,10-12H2,(H,32,36)(H,33,35). The van der Waals surface area contributed by atoms with Gasteiger partial charge in [0.05, 0.1) is 33.3 Å². The molecule has 3 saturated carbocycles. The van der Waals surface area contributed by atoms with Gasteiger partial charge in [0.2, 0.25) is 5.91 Å². The van der Waals surface area contributed by atoms with Gasteiger partial charge in [-0.3, -0.25) is 9.59 Å². The molecule has 0 aromatic heterocycles. The lowest BCUT2D eigenvalue weighted by atomic mass is 9.74. The van der Waals surface area contributed by atoms with Crippen LogP contribution in [0.3, 0.4) is 0 Å². The summed E-state index contributed by atoms with van der Waals surface area (Å²) in [6, 6.07) is 4.68. The minimum Gasteiger partial charge on any atom is -0.393 e. The second-order valence-corrected chi connectivity index (χ2v) is 13.8. The van der Waals surface area contributed by atoms with Crippen molar-refractivity contribution in [2.24, 2.45) is 17.8 Å². The Hall–Kier alpha value is -2.71. The molecule has 2 aromatic rings. The van der Waals surface area contributed by atoms with Crippen LogP contribution in [0.2, 0.25) is 5.02 Å². The first-order chi connectivity index (χ1) is 19.2. The van der Waals surface area contributed by atoms with Crippen LogP contribution < -0.4 is 10.6 Å². The molecular weight excluding hydrogens is 589 g/mol. The molecular formula is C27H28ClF3N2O7S. The zero-order chi connectivity index (χ0) is 29.9. The fourth-order valence-corrected chi connectivity index (χ4v) is 8.59. The lowest BCUT2D eigenvalue weighted by molar-refractivity contribution is -0.127. The van der Waals surface area contributed by atoms with E-state index in [-0.39, 0.29) is 47.0 Å². The van der Waals surface area contributed by atoms with Gasteiger partial charge in [-0.05, 0) is 62.1 Å². The molecule has 4 atom stereocenters. The van der Waals surface area contributed by atoms with Crippen molar-refractivity contribution in [2.45, 2.75) is 53.5 Å². The Morgan fingerprint density at radius 3 is 2.20 bits per heavy atom. The smallest absolute Gasteiger partial charge is 0.255 e. The van der Waals surface area contributed by atoms with E-state index in [1.54, 1.807) is 0 Å². The van der Waals surface area contributed by atoms with Crippen molar-refractivity contribution in [1.82, 2.24) is 5.32 Å². The number of benzene rings is 2. The van der Waals surface area contributed by atoms with Gasteiger partial charge in [0, 0.05) is 29.9 Å². The van der Waals surface area contributed by atoms with Gasteiger partial charge >= 0.3 is 0 Å². The van der Waals surface area contributed by atoms with Crippen molar-refractivity contribution in [3.8, 4) is 0 Å². The summed E-state index contributed by atoms with van der Waals surface area (Å²) in [7, 11) is -4.11. The lowest BCUT2D eigenvalue weighted by Crippen LogP contribution is -2.55. The maximum absolute atomic E-state index is 13.7. The highest BCUT2D eigenvalue weighted by Gasteiger charge is 2.59. The number of nitrogens with one attached hydrogen (secondary N) is 2. The predicted molar refractivity (Wildman–Crippen MR) is 140 cm³/mol. The molecule has 0 spiro atoms. The zero-order valence-corrected chi connectivity index (χ0v) is 23.1. The lowest BCUT2D eigenvalue weighted by Gasteiger charge is -2.42. The summed E-state index contributed by atoms with van der Waals surface area (Å²) in [6.45, 7) is -0.665. The third-order valence-electron chi connectivity index (χ3n) is 8.73. The summed E-state index contributed by atoms with van der Waals surface area (Å²) in [5.74, 6) is -7.78. The van der Waals surface area contributed by atoms with Gasteiger partial charge in [-0.1, -0.05) is 11.6 Å². The fourth-order valence-electron chi connectivity index (χ4n) is 6.18. The average Bonchev–Trinajstić information content (AvgIpc) is 3.60. The molecule has 222 valence electrons. The van der Waals surface area contributed by atoms with Crippen molar-refractivity contribution in [3.63, 3.8) is 0 Å². The first-order valence-electron chi connectivity index (χ1n) is 13.0. The molecule has 5 rings (SSSR count). The highest BCUT2D eigenvalue weighted by atomic mass is 35.5. The normalized spacial score (nSPS) is 30.6. The number of halogens is 4. The Kier molecular flexibility index (Phi) is 7.65. The molecule has 41 heavy (non-hydrogen) atoms. The van der Waals surface area contributed by atoms with E-state index >= 15 is 0 Å². The maximum atomic E-state index is 13.7. The molecule has 3 fully saturated rings. The van der Waals surface area contributed by atoms with E-state index in [1.165, 1.54) is 12.1 Å². The zero-order valence-electron chi connectivity index (χ0n) is 21.5. The Balaban J connectivity index is 1.30. The van der Waals surface area contributed by atoms with Crippen LogP contribution in [0.15, 0.2) is 35.2 Å². The number of sulfone groups is 1. The number of carbonyl (C=O) groups is 2. The van der Waals surface area contributed by atoms with E-state index in [0.717, 1.165) is 6.07 Å². The van der Waals surface area contributed by atoms with Crippen LogP contribution in [-0.4, -0.2) is 65.2 Å². The van der Waals surface area contributed by atoms with Crippen LogP contribution in [0.4, 0.5) is 18.9 Å². The number of aliphatic hydroxyl groups excluding tert-OH is 1. The number of hydrogen-bond donors (Lipinski definition) is 5. The predicted octanol–water partition coefficient (Wildman–Crippen LogP) is 2.56. The summed E-state index contributed by atoms with van der Waals surface area (Å²) >= 11 is 6.24. The highest BCUT2D eigenvalue weighted by Crippen LogP contribution is 2.52. The van der Waals surface area contributed by atoms with E-state index in [0.29, 0.717) is 25.0 Å². The SMILES string of the molecule is O=C(Nc1cc(F)c(F)c(F)c1)c1ccc(Cl)c(S(=O)(=O)C2CC3CCC(C2)C3(O)CNC(=O)C2CC2(O)CO)c1. The van der Waals surface area contributed by atoms with Crippen molar-refractivity contribution in [2.75, 3.05) is 18.5 Å². The number of hydrogen-bond acceptors (Lipinski definition) is 7. The van der Waals surface area contributed by atoms with Crippen molar-refractivity contribution in [3.05, 3.63) is 58.4 Å². The second-order valence-electron chi connectivity index (χ2n) is 11.2. The van der Waals surface area contributed by atoms with E-state index in [1.807, 2.05) is 0 Å². The minimum atomic E-state index is -4.11.